The standard InChI is InChI=1S/C17H21BO2/c1-16(2)17(3,4)20-18(19-16)15-9-7-5-6-8-13-12-14(13)10-11-15/h5-11H,12H2,1-4H3. The minimum Gasteiger partial charge on any atom is -0.399 e. The van der Waals surface area contributed by atoms with E-state index in [1.807, 2.05) is 12.1 Å². The third-order valence-electron chi connectivity index (χ3n) is 4.48. The second-order valence-corrected chi connectivity index (χ2v) is 6.56. The highest BCUT2D eigenvalue weighted by atomic mass is 16.7. The zero-order valence-electron chi connectivity index (χ0n) is 12.6. The van der Waals surface area contributed by atoms with Gasteiger partial charge in [-0.15, -0.1) is 0 Å². The third kappa shape index (κ3) is 2.48. The van der Waals surface area contributed by atoms with E-state index in [0.717, 1.165) is 11.9 Å². The van der Waals surface area contributed by atoms with E-state index in [1.165, 1.54) is 11.1 Å². The molecule has 0 amide bonds. The number of hydrogen-bond acceptors (Lipinski definition) is 2. The Labute approximate surface area is 121 Å². The highest BCUT2D eigenvalue weighted by molar-refractivity contribution is 6.62. The average Bonchev–Trinajstić information content (AvgIpc) is 3.06. The predicted octanol–water partition coefficient (Wildman–Crippen LogP) is 3.01. The van der Waals surface area contributed by atoms with Crippen LogP contribution in [0.2, 0.25) is 0 Å². The van der Waals surface area contributed by atoms with Crippen LogP contribution < -0.4 is 5.46 Å². The van der Waals surface area contributed by atoms with Gasteiger partial charge < -0.3 is 9.31 Å². The van der Waals surface area contributed by atoms with E-state index in [1.54, 1.807) is 0 Å². The molecule has 1 heterocycles. The number of hydrogen-bond donors (Lipinski definition) is 0. The summed E-state index contributed by atoms with van der Waals surface area (Å²) in [6, 6.07) is 14.7. The summed E-state index contributed by atoms with van der Waals surface area (Å²) in [5.74, 6) is 0. The Morgan fingerprint density at radius 1 is 0.800 bits per heavy atom. The molecule has 0 spiro atoms. The van der Waals surface area contributed by atoms with Gasteiger partial charge in [0.1, 0.15) is 0 Å². The first-order valence-corrected chi connectivity index (χ1v) is 7.20. The van der Waals surface area contributed by atoms with Gasteiger partial charge in [0.05, 0.1) is 11.2 Å². The van der Waals surface area contributed by atoms with Gasteiger partial charge in [-0.3, -0.25) is 0 Å². The fourth-order valence-corrected chi connectivity index (χ4v) is 2.28. The van der Waals surface area contributed by atoms with Crippen molar-refractivity contribution in [2.45, 2.75) is 45.3 Å². The van der Waals surface area contributed by atoms with Gasteiger partial charge in [-0.2, -0.15) is 0 Å². The Morgan fingerprint density at radius 3 is 2.10 bits per heavy atom. The fraction of sp³-hybridized carbons (Fsp3) is 0.412. The molecule has 0 radical (unpaired) electrons. The van der Waals surface area contributed by atoms with Gasteiger partial charge in [-0.25, -0.2) is 0 Å². The van der Waals surface area contributed by atoms with E-state index in [2.05, 4.69) is 58.0 Å². The molecule has 3 heteroatoms. The van der Waals surface area contributed by atoms with Crippen LogP contribution in [0.5, 0.6) is 0 Å². The maximum absolute atomic E-state index is 6.11. The molecular formula is C17H21BO2. The van der Waals surface area contributed by atoms with Crippen molar-refractivity contribution in [2.75, 3.05) is 0 Å². The van der Waals surface area contributed by atoms with E-state index < -0.39 is 0 Å². The highest BCUT2D eigenvalue weighted by Gasteiger charge is 2.51. The molecule has 1 fully saturated rings. The molecule has 0 N–H and O–H groups in total. The van der Waals surface area contributed by atoms with Gasteiger partial charge >= 0.3 is 7.12 Å². The smallest absolute Gasteiger partial charge is 0.399 e. The lowest BCUT2D eigenvalue weighted by molar-refractivity contribution is 0.00578. The molecule has 3 rings (SSSR count). The predicted molar refractivity (Wildman–Crippen MR) is 82.6 cm³/mol. The minimum atomic E-state index is -0.299. The molecule has 104 valence electrons. The Kier molecular flexibility index (Phi) is 3.15. The first-order valence-electron chi connectivity index (χ1n) is 7.20. The Morgan fingerprint density at radius 2 is 1.40 bits per heavy atom. The maximum Gasteiger partial charge on any atom is 0.494 e. The molecular weight excluding hydrogens is 247 g/mol. The van der Waals surface area contributed by atoms with Crippen molar-refractivity contribution in [1.29, 1.82) is 0 Å². The number of fused-ring (bicyclic) bond motifs is 1. The molecule has 1 saturated heterocycles. The van der Waals surface area contributed by atoms with E-state index in [-0.39, 0.29) is 18.3 Å². The van der Waals surface area contributed by atoms with Crippen molar-refractivity contribution >= 4 is 12.6 Å². The molecule has 0 bridgehead atoms. The molecule has 1 aromatic rings. The summed E-state index contributed by atoms with van der Waals surface area (Å²) in [5.41, 5.74) is 3.29. The van der Waals surface area contributed by atoms with Crippen molar-refractivity contribution in [3.63, 3.8) is 0 Å². The van der Waals surface area contributed by atoms with Crippen LogP contribution in [0.3, 0.4) is 0 Å². The molecule has 1 aromatic carbocycles. The Bertz CT molecular complexity index is 575. The van der Waals surface area contributed by atoms with Crippen LogP contribution in [0, 0.1) is 0 Å². The van der Waals surface area contributed by atoms with E-state index >= 15 is 0 Å². The summed E-state index contributed by atoms with van der Waals surface area (Å²) in [7, 11) is -0.299. The van der Waals surface area contributed by atoms with Crippen molar-refractivity contribution in [3.05, 3.63) is 53.6 Å². The molecule has 1 aliphatic heterocycles. The molecule has 2 nitrogen and oxygen atoms in total. The van der Waals surface area contributed by atoms with Crippen LogP contribution in [0.1, 0.15) is 38.8 Å². The molecule has 2 aliphatic rings. The quantitative estimate of drug-likeness (QED) is 0.740. The van der Waals surface area contributed by atoms with Crippen LogP contribution in [0.25, 0.3) is 0 Å². The van der Waals surface area contributed by atoms with Crippen LogP contribution in [-0.2, 0) is 15.7 Å². The van der Waals surface area contributed by atoms with Gasteiger partial charge in [-0.1, -0.05) is 42.5 Å². The molecule has 20 heavy (non-hydrogen) atoms. The topological polar surface area (TPSA) is 18.5 Å². The lowest BCUT2D eigenvalue weighted by Gasteiger charge is -2.32. The molecule has 0 saturated carbocycles. The first kappa shape index (κ1) is 13.7. The highest BCUT2D eigenvalue weighted by Crippen LogP contribution is 2.36. The lowest BCUT2D eigenvalue weighted by atomic mass is 9.80. The zero-order valence-corrected chi connectivity index (χ0v) is 12.6. The van der Waals surface area contributed by atoms with Gasteiger partial charge in [0.15, 0.2) is 0 Å². The summed E-state index contributed by atoms with van der Waals surface area (Å²) in [6.07, 6.45) is 1.09. The Balaban J connectivity index is 1.96. The van der Waals surface area contributed by atoms with Crippen LogP contribution in [0.4, 0.5) is 0 Å². The Hall–Kier alpha value is -1.32. The van der Waals surface area contributed by atoms with Crippen LogP contribution in [-0.4, -0.2) is 18.3 Å². The summed E-state index contributed by atoms with van der Waals surface area (Å²) >= 11 is 0. The van der Waals surface area contributed by atoms with Gasteiger partial charge in [0.2, 0.25) is 0 Å². The van der Waals surface area contributed by atoms with Crippen molar-refractivity contribution < 1.29 is 9.31 Å². The molecule has 0 atom stereocenters. The lowest BCUT2D eigenvalue weighted by Crippen LogP contribution is -2.41. The van der Waals surface area contributed by atoms with E-state index in [4.69, 9.17) is 9.31 Å². The second-order valence-electron chi connectivity index (χ2n) is 6.56. The van der Waals surface area contributed by atoms with Crippen molar-refractivity contribution in [2.24, 2.45) is 0 Å². The zero-order chi connectivity index (χ0) is 14.4. The molecule has 0 unspecified atom stereocenters. The molecule has 0 aromatic heterocycles. The van der Waals surface area contributed by atoms with Crippen molar-refractivity contribution in [1.82, 2.24) is 0 Å². The van der Waals surface area contributed by atoms with E-state index in [0.29, 0.717) is 0 Å². The summed E-state index contributed by atoms with van der Waals surface area (Å²) in [6.45, 7) is 8.32. The number of rotatable bonds is 1. The van der Waals surface area contributed by atoms with Gasteiger partial charge in [0, 0.05) is 0 Å². The van der Waals surface area contributed by atoms with Gasteiger partial charge in [-0.05, 0) is 50.7 Å². The molecule has 1 aliphatic carbocycles. The summed E-state index contributed by atoms with van der Waals surface area (Å²) in [5, 5.41) is 0. The third-order valence-corrected chi connectivity index (χ3v) is 4.48. The first-order chi connectivity index (χ1) is 9.39. The van der Waals surface area contributed by atoms with Crippen LogP contribution >= 0.6 is 0 Å². The summed E-state index contributed by atoms with van der Waals surface area (Å²) < 4.78 is 12.2. The minimum absolute atomic E-state index is 0.296. The fourth-order valence-electron chi connectivity index (χ4n) is 2.28. The largest absolute Gasteiger partial charge is 0.494 e. The van der Waals surface area contributed by atoms with Crippen LogP contribution in [0.15, 0.2) is 42.5 Å². The second kappa shape index (κ2) is 4.61. The normalized spacial score (nSPS) is 21.1. The average molecular weight is 268 g/mol. The monoisotopic (exact) mass is 268 g/mol. The summed E-state index contributed by atoms with van der Waals surface area (Å²) in [4.78, 5) is 0. The van der Waals surface area contributed by atoms with Gasteiger partial charge in [0.25, 0.3) is 0 Å². The van der Waals surface area contributed by atoms with E-state index in [9.17, 15) is 0 Å². The van der Waals surface area contributed by atoms with Crippen molar-refractivity contribution in [3.8, 4) is 0 Å². The maximum atomic E-state index is 6.11. The SMILES string of the molecule is CC1(C)OB(c2cccccc3c(cc2)C3)OC1(C)C.